The van der Waals surface area contributed by atoms with E-state index in [9.17, 15) is 34.2 Å². The van der Waals surface area contributed by atoms with Crippen molar-refractivity contribution in [2.24, 2.45) is 0 Å². The van der Waals surface area contributed by atoms with Gasteiger partial charge in [-0.15, -0.1) is 0 Å². The van der Waals surface area contributed by atoms with Crippen LogP contribution in [0.2, 0.25) is 0 Å². The second-order valence-corrected chi connectivity index (χ2v) is 3.52. The first kappa shape index (κ1) is 14.4. The van der Waals surface area contributed by atoms with Gasteiger partial charge in [-0.3, -0.25) is 29.8 Å². The van der Waals surface area contributed by atoms with Crippen molar-refractivity contribution < 1.29 is 23.8 Å². The molecule has 8 nitrogen and oxygen atoms in total. The maximum atomic E-state index is 13.3. The highest BCUT2D eigenvalue weighted by atomic mass is 19.1. The molecule has 1 aromatic rings. The summed E-state index contributed by atoms with van der Waals surface area (Å²) >= 11 is 0. The van der Waals surface area contributed by atoms with E-state index in [4.69, 9.17) is 0 Å². The Morgan fingerprint density at radius 3 is 1.89 bits per heavy atom. The van der Waals surface area contributed by atoms with Gasteiger partial charge in [-0.25, -0.2) is 4.39 Å². The van der Waals surface area contributed by atoms with E-state index >= 15 is 0 Å². The zero-order valence-electron chi connectivity index (χ0n) is 9.53. The number of carbonyl (C=O) groups excluding carboxylic acids is 2. The van der Waals surface area contributed by atoms with E-state index in [1.165, 1.54) is 0 Å². The Bertz CT molecular complexity index is 553. The molecule has 1 rings (SSSR count). The van der Waals surface area contributed by atoms with Crippen LogP contribution in [0.1, 0.15) is 17.3 Å². The third-order valence-electron chi connectivity index (χ3n) is 2.25. The molecule has 0 spiro atoms. The molecule has 1 atom stereocenters. The molecule has 0 fully saturated rings. The van der Waals surface area contributed by atoms with Crippen molar-refractivity contribution >= 4 is 22.9 Å². The standard InChI is InChI=1S/C10H7FN2O6/c1-5(14)9(11)10(15)8-6(12(16)17)3-2-4-7(8)13(18)19/h2-4,9H,1H3. The molecule has 0 aliphatic rings. The van der Waals surface area contributed by atoms with Gasteiger partial charge in [-0.2, -0.15) is 0 Å². The lowest BCUT2D eigenvalue weighted by molar-refractivity contribution is -0.394. The zero-order valence-corrected chi connectivity index (χ0v) is 9.53. The van der Waals surface area contributed by atoms with E-state index in [1.54, 1.807) is 0 Å². The predicted octanol–water partition coefficient (Wildman–Crippen LogP) is 1.61. The molecule has 0 saturated carbocycles. The Kier molecular flexibility index (Phi) is 4.00. The molecule has 1 unspecified atom stereocenters. The van der Waals surface area contributed by atoms with Gasteiger partial charge >= 0.3 is 0 Å². The van der Waals surface area contributed by atoms with Crippen LogP contribution in [-0.2, 0) is 4.79 Å². The van der Waals surface area contributed by atoms with Crippen LogP contribution in [0.5, 0.6) is 0 Å². The zero-order chi connectivity index (χ0) is 14.7. The minimum Gasteiger partial charge on any atom is -0.296 e. The molecule has 0 aliphatic heterocycles. The number of nitro benzene ring substituents is 2. The molecule has 19 heavy (non-hydrogen) atoms. The summed E-state index contributed by atoms with van der Waals surface area (Å²) in [5.74, 6) is -2.77. The summed E-state index contributed by atoms with van der Waals surface area (Å²) in [6, 6.07) is 2.65. The van der Waals surface area contributed by atoms with Crippen molar-refractivity contribution in [2.75, 3.05) is 0 Å². The number of hydrogen-bond donors (Lipinski definition) is 0. The van der Waals surface area contributed by atoms with Crippen molar-refractivity contribution in [3.05, 3.63) is 44.0 Å². The quantitative estimate of drug-likeness (QED) is 0.347. The Balaban J connectivity index is 3.54. The van der Waals surface area contributed by atoms with Gasteiger partial charge in [0.15, 0.2) is 11.3 Å². The van der Waals surface area contributed by atoms with Gasteiger partial charge in [0.05, 0.1) is 9.85 Å². The highest BCUT2D eigenvalue weighted by Crippen LogP contribution is 2.29. The maximum absolute atomic E-state index is 13.3. The number of halogens is 1. The molecule has 1 aromatic carbocycles. The fourth-order valence-electron chi connectivity index (χ4n) is 1.40. The van der Waals surface area contributed by atoms with Crippen LogP contribution in [0.25, 0.3) is 0 Å². The first-order chi connectivity index (χ1) is 8.77. The molecule has 0 amide bonds. The SMILES string of the molecule is CC(=O)C(F)C(=O)c1c([N+](=O)[O-])cccc1[N+](=O)[O-]. The Labute approximate surface area is 105 Å². The van der Waals surface area contributed by atoms with Crippen molar-refractivity contribution in [3.8, 4) is 0 Å². The van der Waals surface area contributed by atoms with Gasteiger partial charge in [0.2, 0.25) is 12.0 Å². The molecule has 0 bridgehead atoms. The molecular formula is C10H7FN2O6. The second kappa shape index (κ2) is 5.29. The normalized spacial score (nSPS) is 11.7. The van der Waals surface area contributed by atoms with Gasteiger partial charge in [0.1, 0.15) is 0 Å². The first-order valence-corrected chi connectivity index (χ1v) is 4.88. The molecule has 0 N–H and O–H groups in total. The van der Waals surface area contributed by atoms with Crippen LogP contribution in [0, 0.1) is 20.2 Å². The van der Waals surface area contributed by atoms with Gasteiger partial charge < -0.3 is 0 Å². The predicted molar refractivity (Wildman–Crippen MR) is 59.7 cm³/mol. The number of Topliss-reactive ketones (excluding diaryl/α,β-unsaturated/α-hetero) is 2. The van der Waals surface area contributed by atoms with E-state index in [-0.39, 0.29) is 0 Å². The van der Waals surface area contributed by atoms with Crippen LogP contribution < -0.4 is 0 Å². The average molecular weight is 270 g/mol. The molecule has 0 aliphatic carbocycles. The summed E-state index contributed by atoms with van der Waals surface area (Å²) in [5.41, 5.74) is -2.84. The fourth-order valence-corrected chi connectivity index (χ4v) is 1.40. The van der Waals surface area contributed by atoms with Crippen LogP contribution in [0.15, 0.2) is 18.2 Å². The average Bonchev–Trinajstić information content (AvgIpc) is 2.35. The van der Waals surface area contributed by atoms with E-state index in [1.807, 2.05) is 0 Å². The molecule has 0 radical (unpaired) electrons. The summed E-state index contributed by atoms with van der Waals surface area (Å²) in [6.07, 6.45) is -2.67. The first-order valence-electron chi connectivity index (χ1n) is 4.88. The van der Waals surface area contributed by atoms with Crippen LogP contribution in [0.3, 0.4) is 0 Å². The number of hydrogen-bond acceptors (Lipinski definition) is 6. The minimum absolute atomic E-state index is 0.767. The van der Waals surface area contributed by atoms with Gasteiger partial charge in [0.25, 0.3) is 11.4 Å². The number of alkyl halides is 1. The molecule has 0 saturated heterocycles. The maximum Gasteiger partial charge on any atom is 0.287 e. The molecule has 9 heteroatoms. The molecular weight excluding hydrogens is 263 g/mol. The third-order valence-corrected chi connectivity index (χ3v) is 2.25. The number of nitro groups is 2. The Hall–Kier alpha value is -2.71. The van der Waals surface area contributed by atoms with Crippen LogP contribution in [0.4, 0.5) is 15.8 Å². The van der Waals surface area contributed by atoms with E-state index in [0.717, 1.165) is 25.1 Å². The molecule has 0 heterocycles. The molecule has 0 aromatic heterocycles. The number of ketones is 2. The summed E-state index contributed by atoms with van der Waals surface area (Å²) in [4.78, 5) is 41.8. The van der Waals surface area contributed by atoms with E-state index < -0.39 is 44.5 Å². The lowest BCUT2D eigenvalue weighted by atomic mass is 10.0. The lowest BCUT2D eigenvalue weighted by Crippen LogP contribution is -2.25. The van der Waals surface area contributed by atoms with E-state index in [2.05, 4.69) is 0 Å². The summed E-state index contributed by atoms with van der Waals surface area (Å²) < 4.78 is 13.3. The van der Waals surface area contributed by atoms with Crippen molar-refractivity contribution in [1.82, 2.24) is 0 Å². The third kappa shape index (κ3) is 2.76. The Morgan fingerprint density at radius 1 is 1.16 bits per heavy atom. The summed E-state index contributed by atoms with van der Waals surface area (Å²) in [6.45, 7) is 0.767. The minimum atomic E-state index is -2.67. The van der Waals surface area contributed by atoms with Crippen LogP contribution >= 0.6 is 0 Å². The van der Waals surface area contributed by atoms with Crippen molar-refractivity contribution in [3.63, 3.8) is 0 Å². The van der Waals surface area contributed by atoms with Gasteiger partial charge in [-0.1, -0.05) is 0 Å². The van der Waals surface area contributed by atoms with Crippen molar-refractivity contribution in [1.29, 1.82) is 0 Å². The highest BCUT2D eigenvalue weighted by molar-refractivity contribution is 6.16. The topological polar surface area (TPSA) is 120 Å². The smallest absolute Gasteiger partial charge is 0.287 e. The lowest BCUT2D eigenvalue weighted by Gasteiger charge is -2.05. The Morgan fingerprint density at radius 2 is 1.58 bits per heavy atom. The van der Waals surface area contributed by atoms with Gasteiger partial charge in [-0.05, 0) is 13.0 Å². The van der Waals surface area contributed by atoms with Crippen molar-refractivity contribution in [2.45, 2.75) is 13.1 Å². The highest BCUT2D eigenvalue weighted by Gasteiger charge is 2.36. The largest absolute Gasteiger partial charge is 0.296 e. The summed E-state index contributed by atoms with van der Waals surface area (Å²) in [5, 5.41) is 21.4. The number of benzene rings is 1. The number of carbonyl (C=O) groups is 2. The fraction of sp³-hybridized carbons (Fsp3) is 0.200. The van der Waals surface area contributed by atoms with Gasteiger partial charge in [0, 0.05) is 12.1 Å². The number of nitrogens with zero attached hydrogens (tertiary/aromatic N) is 2. The van der Waals surface area contributed by atoms with Crippen LogP contribution in [-0.4, -0.2) is 27.6 Å². The molecule has 100 valence electrons. The number of rotatable bonds is 5. The van der Waals surface area contributed by atoms with E-state index in [0.29, 0.717) is 0 Å². The monoisotopic (exact) mass is 270 g/mol. The second-order valence-electron chi connectivity index (χ2n) is 3.52. The summed E-state index contributed by atoms with van der Waals surface area (Å²) in [7, 11) is 0.